The molecule has 0 spiro atoms. The summed E-state index contributed by atoms with van der Waals surface area (Å²) in [6.07, 6.45) is 0.957. The van der Waals surface area contributed by atoms with Gasteiger partial charge in [0.25, 0.3) is 0 Å². The smallest absolute Gasteiger partial charge is 0.309 e. The molecule has 188 valence electrons. The first-order chi connectivity index (χ1) is 16.2. The number of ketones is 1. The molecular formula is C25H37N3O6. The van der Waals surface area contributed by atoms with Crippen LogP contribution in [0.5, 0.6) is 11.5 Å². The predicted octanol–water partition coefficient (Wildman–Crippen LogP) is 5.22. The molecule has 2 rings (SSSR count). The van der Waals surface area contributed by atoms with Crippen molar-refractivity contribution in [1.29, 1.82) is 0 Å². The number of hydrogen-bond donors (Lipinski definition) is 0. The highest BCUT2D eigenvalue weighted by Gasteiger charge is 2.41. The number of Topliss-reactive ketones (excluding diaryl/α,β-unsaturated/α-hetero) is 1. The summed E-state index contributed by atoms with van der Waals surface area (Å²) in [6, 6.07) is 4.51. The number of rotatable bonds is 14. The molecule has 0 aliphatic carbocycles. The standard InChI is InChI=1S/C25H37N3O6/c1-15(2)18(13-20(27-28-26)22-14-19(16(3)4)25(30)34-22)24(29)17-8-9-21(32-6)23(12-17)33-11-7-10-31-5/h8-9,12,15-16,18-20,22H,7,10-11,13-14H2,1-6H3/t18-,19-,20-,22-/m0/s1. The van der Waals surface area contributed by atoms with Crippen molar-refractivity contribution in [2.24, 2.45) is 28.8 Å². The van der Waals surface area contributed by atoms with Crippen LogP contribution in [0.25, 0.3) is 10.4 Å². The minimum Gasteiger partial charge on any atom is -0.493 e. The molecule has 0 bridgehead atoms. The van der Waals surface area contributed by atoms with Gasteiger partial charge in [0.1, 0.15) is 6.10 Å². The second-order valence-corrected chi connectivity index (χ2v) is 9.34. The summed E-state index contributed by atoms with van der Waals surface area (Å²) in [5.41, 5.74) is 9.64. The molecule has 34 heavy (non-hydrogen) atoms. The zero-order chi connectivity index (χ0) is 25.3. The summed E-state index contributed by atoms with van der Waals surface area (Å²) in [6.45, 7) is 8.85. The van der Waals surface area contributed by atoms with Gasteiger partial charge in [0.15, 0.2) is 17.3 Å². The number of carbonyl (C=O) groups excluding carboxylic acids is 2. The van der Waals surface area contributed by atoms with Gasteiger partial charge in [0, 0.05) is 36.5 Å². The molecule has 0 saturated carbocycles. The topological polar surface area (TPSA) is 120 Å². The molecule has 0 amide bonds. The maximum atomic E-state index is 13.5. The van der Waals surface area contributed by atoms with Crippen molar-refractivity contribution in [2.45, 2.75) is 59.1 Å². The second kappa shape index (κ2) is 13.2. The van der Waals surface area contributed by atoms with Gasteiger partial charge in [-0.3, -0.25) is 9.59 Å². The van der Waals surface area contributed by atoms with E-state index in [4.69, 9.17) is 24.5 Å². The maximum Gasteiger partial charge on any atom is 0.309 e. The number of ether oxygens (including phenoxy) is 4. The SMILES string of the molecule is COCCCOc1cc(C(=O)[C@@H](C[C@H](N=[N+]=[N-])[C@@H]2C[C@@H](C(C)C)C(=O)O2)C(C)C)ccc1OC. The van der Waals surface area contributed by atoms with Crippen molar-refractivity contribution in [1.82, 2.24) is 0 Å². The summed E-state index contributed by atoms with van der Waals surface area (Å²) < 4.78 is 21.8. The van der Waals surface area contributed by atoms with Crippen LogP contribution in [0.1, 0.15) is 57.3 Å². The van der Waals surface area contributed by atoms with Gasteiger partial charge in [-0.2, -0.15) is 0 Å². The molecule has 1 saturated heterocycles. The van der Waals surface area contributed by atoms with Crippen molar-refractivity contribution in [3.63, 3.8) is 0 Å². The highest BCUT2D eigenvalue weighted by atomic mass is 16.6. The fourth-order valence-corrected chi connectivity index (χ4v) is 4.24. The van der Waals surface area contributed by atoms with Gasteiger partial charge in [0.05, 0.1) is 25.7 Å². The Morgan fingerprint density at radius 2 is 1.94 bits per heavy atom. The molecule has 0 radical (unpaired) electrons. The largest absolute Gasteiger partial charge is 0.493 e. The third-order valence-corrected chi connectivity index (χ3v) is 6.33. The van der Waals surface area contributed by atoms with Crippen molar-refractivity contribution in [2.75, 3.05) is 27.4 Å². The first kappa shape index (κ1) is 27.5. The van der Waals surface area contributed by atoms with Gasteiger partial charge in [-0.05, 0) is 48.4 Å². The van der Waals surface area contributed by atoms with E-state index in [2.05, 4.69) is 10.0 Å². The highest BCUT2D eigenvalue weighted by molar-refractivity contribution is 5.98. The normalized spacial score (nSPS) is 19.5. The Kier molecular flexibility index (Phi) is 10.7. The number of hydrogen-bond acceptors (Lipinski definition) is 7. The lowest BCUT2D eigenvalue weighted by Gasteiger charge is -2.26. The molecule has 9 nitrogen and oxygen atoms in total. The van der Waals surface area contributed by atoms with Gasteiger partial charge in [-0.1, -0.05) is 32.8 Å². The van der Waals surface area contributed by atoms with Crippen molar-refractivity contribution in [3.8, 4) is 11.5 Å². The lowest BCUT2D eigenvalue weighted by Crippen LogP contribution is -2.31. The van der Waals surface area contributed by atoms with Crippen LogP contribution in [0.4, 0.5) is 0 Å². The van der Waals surface area contributed by atoms with Crippen LogP contribution in [-0.2, 0) is 14.3 Å². The quantitative estimate of drug-likeness (QED) is 0.0908. The summed E-state index contributed by atoms with van der Waals surface area (Å²) in [7, 11) is 3.18. The van der Waals surface area contributed by atoms with Crippen LogP contribution in [-0.4, -0.2) is 51.3 Å². The molecule has 0 aromatic heterocycles. The molecule has 0 N–H and O–H groups in total. The molecule has 4 atom stereocenters. The number of methoxy groups -OCH3 is 2. The van der Waals surface area contributed by atoms with E-state index in [0.717, 1.165) is 0 Å². The van der Waals surface area contributed by atoms with E-state index in [1.807, 2.05) is 27.7 Å². The predicted molar refractivity (Wildman–Crippen MR) is 128 cm³/mol. The number of carbonyl (C=O) groups is 2. The van der Waals surface area contributed by atoms with Gasteiger partial charge < -0.3 is 18.9 Å². The van der Waals surface area contributed by atoms with Crippen molar-refractivity contribution >= 4 is 11.8 Å². The van der Waals surface area contributed by atoms with E-state index in [9.17, 15) is 9.59 Å². The maximum absolute atomic E-state index is 13.5. The van der Waals surface area contributed by atoms with Gasteiger partial charge in [-0.25, -0.2) is 0 Å². The van der Waals surface area contributed by atoms with E-state index in [1.54, 1.807) is 32.4 Å². The van der Waals surface area contributed by atoms with Gasteiger partial charge in [-0.15, -0.1) is 0 Å². The van der Waals surface area contributed by atoms with Crippen molar-refractivity contribution < 1.29 is 28.5 Å². The lowest BCUT2D eigenvalue weighted by atomic mass is 9.81. The number of cyclic esters (lactones) is 1. The first-order valence-electron chi connectivity index (χ1n) is 11.8. The van der Waals surface area contributed by atoms with E-state index >= 15 is 0 Å². The minimum atomic E-state index is -0.614. The molecule has 0 unspecified atom stereocenters. The first-order valence-corrected chi connectivity index (χ1v) is 11.8. The number of nitrogens with zero attached hydrogens (tertiary/aromatic N) is 3. The fraction of sp³-hybridized carbons (Fsp3) is 0.680. The molecule has 1 heterocycles. The zero-order valence-corrected chi connectivity index (χ0v) is 21.0. The Balaban J connectivity index is 2.23. The third kappa shape index (κ3) is 7.11. The Morgan fingerprint density at radius 1 is 1.21 bits per heavy atom. The van der Waals surface area contributed by atoms with Gasteiger partial charge >= 0.3 is 5.97 Å². The molecule has 1 aliphatic rings. The van der Waals surface area contributed by atoms with Gasteiger partial charge in [0.2, 0.25) is 0 Å². The van der Waals surface area contributed by atoms with E-state index in [1.165, 1.54) is 0 Å². The summed E-state index contributed by atoms with van der Waals surface area (Å²) in [5.74, 6) is 0.139. The monoisotopic (exact) mass is 475 g/mol. The molecule has 9 heteroatoms. The third-order valence-electron chi connectivity index (χ3n) is 6.33. The van der Waals surface area contributed by atoms with Crippen LogP contribution in [0, 0.1) is 23.7 Å². The minimum absolute atomic E-state index is 0.0185. The second-order valence-electron chi connectivity index (χ2n) is 9.34. The lowest BCUT2D eigenvalue weighted by molar-refractivity contribution is -0.145. The number of esters is 1. The zero-order valence-electron chi connectivity index (χ0n) is 21.0. The molecule has 1 fully saturated rings. The molecule has 1 aromatic rings. The van der Waals surface area contributed by atoms with Crippen LogP contribution < -0.4 is 9.47 Å². The van der Waals surface area contributed by atoms with Crippen LogP contribution in [0.15, 0.2) is 23.3 Å². The van der Waals surface area contributed by atoms with E-state index in [0.29, 0.717) is 49.5 Å². The number of benzene rings is 1. The van der Waals surface area contributed by atoms with E-state index in [-0.39, 0.29) is 29.5 Å². The Bertz CT molecular complexity index is 881. The van der Waals surface area contributed by atoms with Crippen LogP contribution in [0.2, 0.25) is 0 Å². The molecule has 1 aromatic carbocycles. The fourth-order valence-electron chi connectivity index (χ4n) is 4.24. The van der Waals surface area contributed by atoms with E-state index < -0.39 is 18.1 Å². The molecule has 1 aliphatic heterocycles. The van der Waals surface area contributed by atoms with Crippen molar-refractivity contribution in [3.05, 3.63) is 34.2 Å². The summed E-state index contributed by atoms with van der Waals surface area (Å²) >= 11 is 0. The molecular weight excluding hydrogens is 438 g/mol. The van der Waals surface area contributed by atoms with Crippen LogP contribution >= 0.6 is 0 Å². The average Bonchev–Trinajstić information content (AvgIpc) is 3.20. The Hall–Kier alpha value is -2.77. The summed E-state index contributed by atoms with van der Waals surface area (Å²) in [4.78, 5) is 28.8. The highest BCUT2D eigenvalue weighted by Crippen LogP contribution is 2.35. The summed E-state index contributed by atoms with van der Waals surface area (Å²) in [5, 5.41) is 3.93. The average molecular weight is 476 g/mol. The van der Waals surface area contributed by atoms with Crippen LogP contribution in [0.3, 0.4) is 0 Å². The Morgan fingerprint density at radius 3 is 2.50 bits per heavy atom. The Labute approximate surface area is 201 Å². The number of azide groups is 1.